The first kappa shape index (κ1) is 12.9. The Morgan fingerprint density at radius 1 is 1.29 bits per heavy atom. The van der Waals surface area contributed by atoms with Gasteiger partial charge in [0.25, 0.3) is 0 Å². The number of rotatable bonds is 6. The van der Waals surface area contributed by atoms with Crippen molar-refractivity contribution in [2.75, 3.05) is 19.8 Å². The molecule has 0 spiro atoms. The monoisotopic (exact) mass is 254 g/mol. The molecule has 0 saturated heterocycles. The summed E-state index contributed by atoms with van der Waals surface area (Å²) < 4.78 is 5.64. The Balaban J connectivity index is 1.66. The highest BCUT2D eigenvalue weighted by Crippen LogP contribution is 2.45. The fraction of sp³-hybridized carbons (Fsp3) is 0.571. The minimum Gasteiger partial charge on any atom is -0.396 e. The molecule has 3 heteroatoms. The predicted molar refractivity (Wildman–Crippen MR) is 70.0 cm³/mol. The Morgan fingerprint density at radius 3 is 2.82 bits per heavy atom. The van der Waals surface area contributed by atoms with E-state index in [0.717, 1.165) is 37.3 Å². The highest BCUT2D eigenvalue weighted by atomic mass is 35.5. The van der Waals surface area contributed by atoms with E-state index in [4.69, 9.17) is 21.4 Å². The molecule has 2 aliphatic rings. The van der Waals surface area contributed by atoms with Crippen molar-refractivity contribution < 1.29 is 9.84 Å². The number of halogens is 1. The Bertz CT molecular complexity index is 351. The Kier molecular flexibility index (Phi) is 4.43. The van der Waals surface area contributed by atoms with Crippen LogP contribution >= 0.6 is 11.6 Å². The van der Waals surface area contributed by atoms with Crippen molar-refractivity contribution in [2.45, 2.75) is 25.7 Å². The zero-order valence-electron chi connectivity index (χ0n) is 9.99. The van der Waals surface area contributed by atoms with Gasteiger partial charge in [-0.3, -0.25) is 0 Å². The van der Waals surface area contributed by atoms with Gasteiger partial charge in [-0.2, -0.15) is 0 Å². The SMILES string of the molecule is OCC1(COCCC2=CCC=C(Cl)C=C2)CC1. The van der Waals surface area contributed by atoms with Crippen LogP contribution in [0.2, 0.25) is 0 Å². The lowest BCUT2D eigenvalue weighted by Gasteiger charge is -2.12. The molecule has 0 amide bonds. The molecule has 17 heavy (non-hydrogen) atoms. The van der Waals surface area contributed by atoms with Gasteiger partial charge < -0.3 is 9.84 Å². The number of hydrogen-bond acceptors (Lipinski definition) is 2. The quantitative estimate of drug-likeness (QED) is 0.738. The van der Waals surface area contributed by atoms with Crippen LogP contribution < -0.4 is 0 Å². The van der Waals surface area contributed by atoms with E-state index >= 15 is 0 Å². The van der Waals surface area contributed by atoms with Gasteiger partial charge in [-0.1, -0.05) is 29.8 Å². The van der Waals surface area contributed by atoms with Crippen molar-refractivity contribution >= 4 is 11.6 Å². The molecule has 0 aromatic heterocycles. The second kappa shape index (κ2) is 5.85. The molecule has 2 aliphatic carbocycles. The number of aliphatic hydroxyl groups excluding tert-OH is 1. The molecule has 0 aromatic carbocycles. The number of ether oxygens (including phenoxy) is 1. The molecule has 0 heterocycles. The molecule has 1 fully saturated rings. The molecule has 94 valence electrons. The number of aliphatic hydroxyl groups is 1. The van der Waals surface area contributed by atoms with Gasteiger partial charge in [0.2, 0.25) is 0 Å². The third-order valence-corrected chi connectivity index (χ3v) is 3.67. The van der Waals surface area contributed by atoms with Crippen molar-refractivity contribution in [1.82, 2.24) is 0 Å². The van der Waals surface area contributed by atoms with Crippen LogP contribution in [0.1, 0.15) is 25.7 Å². The van der Waals surface area contributed by atoms with Crippen molar-refractivity contribution in [2.24, 2.45) is 5.41 Å². The van der Waals surface area contributed by atoms with E-state index in [-0.39, 0.29) is 12.0 Å². The lowest BCUT2D eigenvalue weighted by atomic mass is 10.1. The van der Waals surface area contributed by atoms with E-state index in [2.05, 4.69) is 6.08 Å². The van der Waals surface area contributed by atoms with Crippen LogP contribution in [0.25, 0.3) is 0 Å². The van der Waals surface area contributed by atoms with Gasteiger partial charge in [0.05, 0.1) is 19.8 Å². The Hall–Kier alpha value is -0.570. The molecule has 0 radical (unpaired) electrons. The van der Waals surface area contributed by atoms with Crippen LogP contribution in [0.3, 0.4) is 0 Å². The average molecular weight is 255 g/mol. The first-order chi connectivity index (χ1) is 8.24. The van der Waals surface area contributed by atoms with Gasteiger partial charge >= 0.3 is 0 Å². The topological polar surface area (TPSA) is 29.5 Å². The zero-order chi connectivity index (χ0) is 12.1. The van der Waals surface area contributed by atoms with Crippen molar-refractivity contribution in [3.63, 3.8) is 0 Å². The van der Waals surface area contributed by atoms with Crippen LogP contribution in [0.5, 0.6) is 0 Å². The standard InChI is InChI=1S/C14H19ClO2/c15-13-3-1-2-12(4-5-13)6-9-17-11-14(10-16)7-8-14/h2-5,16H,1,6-11H2. The van der Waals surface area contributed by atoms with E-state index < -0.39 is 0 Å². The van der Waals surface area contributed by atoms with Gasteiger partial charge in [-0.05, 0) is 37.3 Å². The normalized spacial score (nSPS) is 21.8. The van der Waals surface area contributed by atoms with E-state index in [1.807, 2.05) is 18.2 Å². The van der Waals surface area contributed by atoms with E-state index in [9.17, 15) is 0 Å². The Morgan fingerprint density at radius 2 is 2.12 bits per heavy atom. The highest BCUT2D eigenvalue weighted by molar-refractivity contribution is 6.31. The van der Waals surface area contributed by atoms with Crippen LogP contribution in [-0.4, -0.2) is 24.9 Å². The maximum absolute atomic E-state index is 9.15. The van der Waals surface area contributed by atoms with Gasteiger partial charge in [-0.15, -0.1) is 0 Å². The first-order valence-corrected chi connectivity index (χ1v) is 6.53. The predicted octanol–water partition coefficient (Wildman–Crippen LogP) is 3.17. The average Bonchev–Trinajstić information content (AvgIpc) is 3.12. The molecule has 0 atom stereocenters. The second-order valence-electron chi connectivity index (χ2n) is 4.90. The molecule has 1 saturated carbocycles. The summed E-state index contributed by atoms with van der Waals surface area (Å²) >= 11 is 5.92. The second-order valence-corrected chi connectivity index (χ2v) is 5.33. The molecule has 0 aromatic rings. The third-order valence-electron chi connectivity index (χ3n) is 3.39. The summed E-state index contributed by atoms with van der Waals surface area (Å²) in [6, 6.07) is 0. The van der Waals surface area contributed by atoms with Gasteiger partial charge in [0, 0.05) is 10.4 Å². The van der Waals surface area contributed by atoms with Crippen LogP contribution in [0.4, 0.5) is 0 Å². The lowest BCUT2D eigenvalue weighted by molar-refractivity contribution is 0.0631. The summed E-state index contributed by atoms with van der Waals surface area (Å²) in [6.45, 7) is 1.67. The van der Waals surface area contributed by atoms with Crippen molar-refractivity contribution in [3.05, 3.63) is 34.9 Å². The number of allylic oxidation sites excluding steroid dienone is 5. The fourth-order valence-electron chi connectivity index (χ4n) is 1.83. The van der Waals surface area contributed by atoms with Gasteiger partial charge in [0.1, 0.15) is 0 Å². The molecule has 0 bridgehead atoms. The molecular weight excluding hydrogens is 236 g/mol. The number of hydrogen-bond donors (Lipinski definition) is 1. The summed E-state index contributed by atoms with van der Waals surface area (Å²) in [5.41, 5.74) is 1.36. The highest BCUT2D eigenvalue weighted by Gasteiger charge is 2.42. The lowest BCUT2D eigenvalue weighted by Crippen LogP contribution is -2.15. The third kappa shape index (κ3) is 3.98. The van der Waals surface area contributed by atoms with Crippen molar-refractivity contribution in [1.29, 1.82) is 0 Å². The van der Waals surface area contributed by atoms with Crippen molar-refractivity contribution in [3.8, 4) is 0 Å². The summed E-state index contributed by atoms with van der Waals surface area (Å²) in [6.07, 6.45) is 12.2. The minimum absolute atomic E-state index is 0.0958. The molecular formula is C14H19ClO2. The maximum atomic E-state index is 9.15. The Labute approximate surface area is 108 Å². The van der Waals surface area contributed by atoms with Gasteiger partial charge in [0.15, 0.2) is 0 Å². The summed E-state index contributed by atoms with van der Waals surface area (Å²) in [7, 11) is 0. The van der Waals surface area contributed by atoms with Crippen LogP contribution in [0.15, 0.2) is 34.9 Å². The largest absolute Gasteiger partial charge is 0.396 e. The van der Waals surface area contributed by atoms with Gasteiger partial charge in [-0.25, -0.2) is 0 Å². The molecule has 0 unspecified atom stereocenters. The summed E-state index contributed by atoms with van der Waals surface area (Å²) in [5, 5.41) is 9.95. The molecule has 2 rings (SSSR count). The first-order valence-electron chi connectivity index (χ1n) is 6.15. The van der Waals surface area contributed by atoms with Crippen LogP contribution in [0, 0.1) is 5.41 Å². The fourth-order valence-corrected chi connectivity index (χ4v) is 1.99. The molecule has 2 nitrogen and oxygen atoms in total. The summed E-state index contributed by atoms with van der Waals surface area (Å²) in [5.74, 6) is 0. The summed E-state index contributed by atoms with van der Waals surface area (Å²) in [4.78, 5) is 0. The van der Waals surface area contributed by atoms with Crippen LogP contribution in [-0.2, 0) is 4.74 Å². The van der Waals surface area contributed by atoms with E-state index in [0.29, 0.717) is 6.61 Å². The maximum Gasteiger partial charge on any atom is 0.0544 e. The molecule has 1 N–H and O–H groups in total. The minimum atomic E-state index is 0.0958. The van der Waals surface area contributed by atoms with E-state index in [1.54, 1.807) is 0 Å². The zero-order valence-corrected chi connectivity index (χ0v) is 10.7. The van der Waals surface area contributed by atoms with E-state index in [1.165, 1.54) is 5.57 Å². The molecule has 0 aliphatic heterocycles. The smallest absolute Gasteiger partial charge is 0.0544 e.